The minimum absolute atomic E-state index is 0.0299. The second kappa shape index (κ2) is 6.23. The number of fused-ring (bicyclic) bond motifs is 1. The minimum Gasteiger partial charge on any atom is -0.368 e. The Balaban J connectivity index is 1.65. The van der Waals surface area contributed by atoms with Crippen molar-refractivity contribution in [2.45, 2.75) is 19.9 Å². The van der Waals surface area contributed by atoms with Crippen LogP contribution in [0.5, 0.6) is 0 Å². The number of carbonyl (C=O) groups excluding carboxylic acids is 1. The number of hydrogen-bond acceptors (Lipinski definition) is 5. The molecule has 3 heterocycles. The molecule has 2 aromatic rings. The summed E-state index contributed by atoms with van der Waals surface area (Å²) < 4.78 is 13.8. The van der Waals surface area contributed by atoms with Crippen molar-refractivity contribution in [3.8, 4) is 0 Å². The molecule has 6 nitrogen and oxygen atoms in total. The van der Waals surface area contributed by atoms with Gasteiger partial charge in [0.1, 0.15) is 11.6 Å². The summed E-state index contributed by atoms with van der Waals surface area (Å²) in [5, 5.41) is 0. The van der Waals surface area contributed by atoms with Crippen molar-refractivity contribution in [2.24, 2.45) is 11.8 Å². The van der Waals surface area contributed by atoms with Crippen LogP contribution in [0.25, 0.3) is 0 Å². The molecule has 0 radical (unpaired) electrons. The standard InChI is InChI=1S/C19H22FN5O/c1-11-6-17(23-19(21)22-11)24-8-14-9-25(12(2)26)18(16(14)10-24)13-4-3-5-15(20)7-13/h3-7,14,16,18H,8-10H2,1-2H3,(H2,21,22,23)/t14-,16-,18+/m1/s1. The Morgan fingerprint density at radius 3 is 2.73 bits per heavy atom. The van der Waals surface area contributed by atoms with E-state index in [1.54, 1.807) is 19.1 Å². The van der Waals surface area contributed by atoms with Crippen LogP contribution in [0.1, 0.15) is 24.2 Å². The van der Waals surface area contributed by atoms with Crippen molar-refractivity contribution in [3.05, 3.63) is 47.4 Å². The van der Waals surface area contributed by atoms with E-state index in [1.807, 2.05) is 24.0 Å². The van der Waals surface area contributed by atoms with E-state index in [9.17, 15) is 9.18 Å². The summed E-state index contributed by atoms with van der Waals surface area (Å²) in [5.41, 5.74) is 7.48. The smallest absolute Gasteiger partial charge is 0.222 e. The van der Waals surface area contributed by atoms with Gasteiger partial charge in [-0.05, 0) is 24.6 Å². The number of hydrogen-bond donors (Lipinski definition) is 1. The SMILES string of the molecule is CC(=O)N1C[C@H]2CN(c3cc(C)nc(N)n3)C[C@H]2[C@@H]1c1cccc(F)c1. The van der Waals surface area contributed by atoms with Gasteiger partial charge in [0.2, 0.25) is 11.9 Å². The van der Waals surface area contributed by atoms with Gasteiger partial charge in [0.05, 0.1) is 6.04 Å². The molecule has 136 valence electrons. The topological polar surface area (TPSA) is 75.4 Å². The maximum atomic E-state index is 13.8. The number of amides is 1. The zero-order valence-corrected chi connectivity index (χ0v) is 14.9. The molecule has 4 rings (SSSR count). The minimum atomic E-state index is -0.275. The number of carbonyl (C=O) groups is 1. The summed E-state index contributed by atoms with van der Waals surface area (Å²) in [6, 6.07) is 8.40. The predicted octanol–water partition coefficient (Wildman–Crippen LogP) is 2.16. The highest BCUT2D eigenvalue weighted by Crippen LogP contribution is 2.45. The average molecular weight is 355 g/mol. The molecular formula is C19H22FN5O. The number of nitrogen functional groups attached to an aromatic ring is 1. The van der Waals surface area contributed by atoms with E-state index in [-0.39, 0.29) is 29.6 Å². The number of anilines is 2. The maximum Gasteiger partial charge on any atom is 0.222 e. The summed E-state index contributed by atoms with van der Waals surface area (Å²) in [6.07, 6.45) is 0. The first-order valence-corrected chi connectivity index (χ1v) is 8.81. The van der Waals surface area contributed by atoms with E-state index >= 15 is 0 Å². The molecule has 0 spiro atoms. The van der Waals surface area contributed by atoms with Crippen LogP contribution in [-0.2, 0) is 4.79 Å². The first-order valence-electron chi connectivity index (χ1n) is 8.81. The van der Waals surface area contributed by atoms with E-state index < -0.39 is 0 Å². The lowest BCUT2D eigenvalue weighted by Gasteiger charge is -2.29. The van der Waals surface area contributed by atoms with Crippen LogP contribution >= 0.6 is 0 Å². The average Bonchev–Trinajstić information content (AvgIpc) is 3.11. The zero-order chi connectivity index (χ0) is 18.4. The summed E-state index contributed by atoms with van der Waals surface area (Å²) >= 11 is 0. The van der Waals surface area contributed by atoms with Gasteiger partial charge < -0.3 is 15.5 Å². The Bertz CT molecular complexity index is 837. The molecule has 0 aliphatic carbocycles. The van der Waals surface area contributed by atoms with Crippen LogP contribution in [0.15, 0.2) is 30.3 Å². The quantitative estimate of drug-likeness (QED) is 0.893. The third-order valence-corrected chi connectivity index (χ3v) is 5.44. The van der Waals surface area contributed by atoms with Crippen molar-refractivity contribution in [3.63, 3.8) is 0 Å². The van der Waals surface area contributed by atoms with Crippen molar-refractivity contribution in [1.29, 1.82) is 0 Å². The van der Waals surface area contributed by atoms with Gasteiger partial charge in [-0.2, -0.15) is 4.98 Å². The number of benzene rings is 1. The molecule has 2 aliphatic heterocycles. The second-order valence-corrected chi connectivity index (χ2v) is 7.23. The third-order valence-electron chi connectivity index (χ3n) is 5.44. The lowest BCUT2D eigenvalue weighted by molar-refractivity contribution is -0.130. The van der Waals surface area contributed by atoms with Crippen LogP contribution in [-0.4, -0.2) is 40.4 Å². The molecule has 2 N–H and O–H groups in total. The lowest BCUT2D eigenvalue weighted by atomic mass is 9.89. The van der Waals surface area contributed by atoms with E-state index in [2.05, 4.69) is 14.9 Å². The van der Waals surface area contributed by atoms with Gasteiger partial charge in [0.15, 0.2) is 0 Å². The van der Waals surface area contributed by atoms with Gasteiger partial charge in [-0.25, -0.2) is 9.37 Å². The van der Waals surface area contributed by atoms with Crippen molar-refractivity contribution in [1.82, 2.24) is 14.9 Å². The zero-order valence-electron chi connectivity index (χ0n) is 14.9. The molecule has 2 fully saturated rings. The largest absolute Gasteiger partial charge is 0.368 e. The summed E-state index contributed by atoms with van der Waals surface area (Å²) in [5.74, 6) is 1.40. The highest BCUT2D eigenvalue weighted by atomic mass is 19.1. The van der Waals surface area contributed by atoms with E-state index in [4.69, 9.17) is 5.73 Å². The first kappa shape index (κ1) is 16.8. The fourth-order valence-electron chi connectivity index (χ4n) is 4.41. The number of nitrogens with zero attached hydrogens (tertiary/aromatic N) is 4. The first-order chi connectivity index (χ1) is 12.4. The molecule has 0 bridgehead atoms. The monoisotopic (exact) mass is 355 g/mol. The van der Waals surface area contributed by atoms with Gasteiger partial charge in [-0.3, -0.25) is 4.79 Å². The van der Waals surface area contributed by atoms with Crippen molar-refractivity contribution >= 4 is 17.7 Å². The van der Waals surface area contributed by atoms with E-state index in [0.717, 1.165) is 30.2 Å². The maximum absolute atomic E-state index is 13.8. The fraction of sp³-hybridized carbons (Fsp3) is 0.421. The molecule has 1 aromatic heterocycles. The molecule has 0 saturated carbocycles. The van der Waals surface area contributed by atoms with Crippen LogP contribution in [0.2, 0.25) is 0 Å². The van der Waals surface area contributed by atoms with Gasteiger partial charge in [-0.15, -0.1) is 0 Å². The molecule has 0 unspecified atom stereocenters. The van der Waals surface area contributed by atoms with Crippen molar-refractivity contribution < 1.29 is 9.18 Å². The van der Waals surface area contributed by atoms with Crippen molar-refractivity contribution in [2.75, 3.05) is 30.3 Å². The highest BCUT2D eigenvalue weighted by Gasteiger charge is 2.48. The highest BCUT2D eigenvalue weighted by molar-refractivity contribution is 5.74. The molecule has 3 atom stereocenters. The fourth-order valence-corrected chi connectivity index (χ4v) is 4.41. The molecule has 2 saturated heterocycles. The summed E-state index contributed by atoms with van der Waals surface area (Å²) in [6.45, 7) is 5.71. The summed E-state index contributed by atoms with van der Waals surface area (Å²) in [7, 11) is 0. The predicted molar refractivity (Wildman–Crippen MR) is 96.9 cm³/mol. The molecule has 7 heteroatoms. The molecular weight excluding hydrogens is 333 g/mol. The second-order valence-electron chi connectivity index (χ2n) is 7.23. The Morgan fingerprint density at radius 1 is 1.23 bits per heavy atom. The van der Waals surface area contributed by atoms with E-state index in [1.165, 1.54) is 6.07 Å². The number of nitrogens with two attached hydrogens (primary N) is 1. The molecule has 1 amide bonds. The van der Waals surface area contributed by atoms with Gasteiger partial charge in [0, 0.05) is 50.2 Å². The van der Waals surface area contributed by atoms with Crippen LogP contribution in [0.3, 0.4) is 0 Å². The van der Waals surface area contributed by atoms with Gasteiger partial charge in [0.25, 0.3) is 0 Å². The Labute approximate surface area is 151 Å². The third kappa shape index (κ3) is 2.87. The Morgan fingerprint density at radius 2 is 2.04 bits per heavy atom. The van der Waals surface area contributed by atoms with Gasteiger partial charge >= 0.3 is 0 Å². The Hall–Kier alpha value is -2.70. The Kier molecular flexibility index (Phi) is 4.01. The van der Waals surface area contributed by atoms with Crippen LogP contribution in [0, 0.1) is 24.6 Å². The lowest BCUT2D eigenvalue weighted by Crippen LogP contribution is -2.34. The van der Waals surface area contributed by atoms with Crippen LogP contribution < -0.4 is 10.6 Å². The number of aryl methyl sites for hydroxylation is 1. The number of halogens is 1. The molecule has 26 heavy (non-hydrogen) atoms. The number of rotatable bonds is 2. The normalized spacial score (nSPS) is 24.8. The number of likely N-dealkylation sites (tertiary alicyclic amines) is 1. The summed E-state index contributed by atoms with van der Waals surface area (Å²) in [4.78, 5) is 24.7. The van der Waals surface area contributed by atoms with E-state index in [0.29, 0.717) is 12.5 Å². The molecule has 1 aromatic carbocycles. The van der Waals surface area contributed by atoms with Gasteiger partial charge in [-0.1, -0.05) is 12.1 Å². The molecule has 2 aliphatic rings. The number of aromatic nitrogens is 2. The van der Waals surface area contributed by atoms with Crippen LogP contribution in [0.4, 0.5) is 16.2 Å².